The average Bonchev–Trinajstić information content (AvgIpc) is 3.31. The van der Waals surface area contributed by atoms with Gasteiger partial charge in [-0.2, -0.15) is 0 Å². The lowest BCUT2D eigenvalue weighted by Crippen LogP contribution is -2.36. The minimum atomic E-state index is -4.13. The molecule has 0 aliphatic carbocycles. The van der Waals surface area contributed by atoms with Crippen molar-refractivity contribution in [2.24, 2.45) is 5.92 Å². The number of amides is 1. The van der Waals surface area contributed by atoms with E-state index in [0.717, 1.165) is 36.4 Å². The third-order valence-electron chi connectivity index (χ3n) is 7.67. The van der Waals surface area contributed by atoms with Gasteiger partial charge in [0.2, 0.25) is 11.0 Å². The highest BCUT2D eigenvalue weighted by atomic mass is 35.5. The largest absolute Gasteiger partial charge is 0.493 e. The molecule has 4 aromatic rings. The van der Waals surface area contributed by atoms with Gasteiger partial charge in [-0.15, -0.1) is 0 Å². The summed E-state index contributed by atoms with van der Waals surface area (Å²) in [5.41, 5.74) is 3.58. The number of carbonyl (C=O) groups is 1. The van der Waals surface area contributed by atoms with Crippen molar-refractivity contribution < 1.29 is 22.4 Å². The first-order valence-corrected chi connectivity index (χ1v) is 16.5. The third kappa shape index (κ3) is 7.59. The third-order valence-corrected chi connectivity index (χ3v) is 9.38. The van der Waals surface area contributed by atoms with Crippen LogP contribution in [0.2, 0.25) is 5.02 Å². The monoisotopic (exact) mass is 623 g/mol. The number of rotatable bonds is 12. The van der Waals surface area contributed by atoms with Gasteiger partial charge in [-0.25, -0.2) is 13.1 Å². The molecule has 0 bridgehead atoms. The summed E-state index contributed by atoms with van der Waals surface area (Å²) in [6.07, 6.45) is 1.63. The van der Waals surface area contributed by atoms with E-state index in [-0.39, 0.29) is 23.5 Å². The molecule has 3 aromatic carbocycles. The summed E-state index contributed by atoms with van der Waals surface area (Å²) in [7, 11) is -4.13. The highest BCUT2D eigenvalue weighted by Crippen LogP contribution is 2.34. The van der Waals surface area contributed by atoms with Crippen molar-refractivity contribution in [1.82, 2.24) is 15.4 Å². The number of ether oxygens (including phenoxy) is 1. The van der Waals surface area contributed by atoms with Crippen molar-refractivity contribution in [2.75, 3.05) is 13.2 Å². The number of halogens is 1. The first kappa shape index (κ1) is 31.1. The van der Waals surface area contributed by atoms with Crippen LogP contribution in [0, 0.1) is 12.8 Å². The number of hydrogen-bond acceptors (Lipinski definition) is 6. The van der Waals surface area contributed by atoms with Crippen molar-refractivity contribution in [3.05, 3.63) is 94.0 Å². The number of furan rings is 1. The molecule has 2 atom stereocenters. The van der Waals surface area contributed by atoms with Crippen molar-refractivity contribution in [2.45, 2.75) is 63.8 Å². The summed E-state index contributed by atoms with van der Waals surface area (Å²) < 4.78 is 41.6. The fourth-order valence-corrected chi connectivity index (χ4v) is 6.92. The Labute approximate surface area is 258 Å². The number of fused-ring (bicyclic) bond motifs is 2. The van der Waals surface area contributed by atoms with Crippen LogP contribution in [0.1, 0.15) is 67.4 Å². The topological polar surface area (TPSA) is 110 Å². The molecule has 228 valence electrons. The van der Waals surface area contributed by atoms with E-state index < -0.39 is 16.1 Å². The second-order valence-electron chi connectivity index (χ2n) is 11.4. The molecule has 5 rings (SSSR count). The number of carbonyl (C=O) groups excluding carboxylic acids is 1. The van der Waals surface area contributed by atoms with Crippen LogP contribution >= 0.6 is 11.6 Å². The number of sulfonamides is 1. The molecular weight excluding hydrogens is 586 g/mol. The molecule has 2 heterocycles. The second-order valence-corrected chi connectivity index (χ2v) is 13.5. The minimum Gasteiger partial charge on any atom is -0.493 e. The predicted octanol–water partition coefficient (Wildman–Crippen LogP) is 6.58. The number of benzene rings is 3. The van der Waals surface area contributed by atoms with Crippen LogP contribution in [-0.4, -0.2) is 27.5 Å². The zero-order chi connectivity index (χ0) is 30.6. The average molecular weight is 624 g/mol. The zero-order valence-electron chi connectivity index (χ0n) is 24.7. The summed E-state index contributed by atoms with van der Waals surface area (Å²) in [6, 6.07) is 19.1. The maximum absolute atomic E-state index is 13.6. The van der Waals surface area contributed by atoms with E-state index in [0.29, 0.717) is 46.1 Å². The molecule has 1 aromatic heterocycles. The predicted molar refractivity (Wildman–Crippen MR) is 169 cm³/mol. The van der Waals surface area contributed by atoms with Crippen molar-refractivity contribution in [1.29, 1.82) is 0 Å². The van der Waals surface area contributed by atoms with E-state index in [2.05, 4.69) is 35.3 Å². The van der Waals surface area contributed by atoms with Gasteiger partial charge in [0.05, 0.1) is 18.7 Å². The highest BCUT2D eigenvalue weighted by Gasteiger charge is 2.30. The van der Waals surface area contributed by atoms with Gasteiger partial charge in [-0.05, 0) is 61.2 Å². The fourth-order valence-electron chi connectivity index (χ4n) is 5.34. The van der Waals surface area contributed by atoms with Gasteiger partial charge in [-0.1, -0.05) is 67.9 Å². The SMILES string of the molecule is Cc1c(S(=O)(=O)NC(CC(=O)NC2CCOc3cc(CNCCC(C)C)ccc32)c2ccccc2)oc2ccc(Cl)cc12. The van der Waals surface area contributed by atoms with Gasteiger partial charge in [0.1, 0.15) is 11.3 Å². The molecule has 0 spiro atoms. The van der Waals surface area contributed by atoms with Gasteiger partial charge in [0, 0.05) is 40.9 Å². The van der Waals surface area contributed by atoms with Crippen LogP contribution < -0.4 is 20.1 Å². The van der Waals surface area contributed by atoms with E-state index in [1.54, 1.807) is 37.3 Å². The van der Waals surface area contributed by atoms with E-state index in [4.69, 9.17) is 20.8 Å². The van der Waals surface area contributed by atoms with Gasteiger partial charge in [-0.3, -0.25) is 4.79 Å². The molecule has 2 unspecified atom stereocenters. The van der Waals surface area contributed by atoms with Crippen molar-refractivity contribution in [3.8, 4) is 5.75 Å². The number of aryl methyl sites for hydroxylation is 1. The van der Waals surface area contributed by atoms with Gasteiger partial charge >= 0.3 is 0 Å². The normalized spacial score (nSPS) is 15.7. The smallest absolute Gasteiger partial charge is 0.274 e. The molecule has 1 aliphatic heterocycles. The number of hydrogen-bond donors (Lipinski definition) is 3. The Bertz CT molecular complexity index is 1690. The Morgan fingerprint density at radius 3 is 2.63 bits per heavy atom. The zero-order valence-corrected chi connectivity index (χ0v) is 26.2. The van der Waals surface area contributed by atoms with E-state index >= 15 is 0 Å². The molecule has 1 amide bonds. The van der Waals surface area contributed by atoms with E-state index in [1.165, 1.54) is 0 Å². The molecule has 0 saturated heterocycles. The summed E-state index contributed by atoms with van der Waals surface area (Å²) in [5.74, 6) is 1.14. The van der Waals surface area contributed by atoms with Crippen molar-refractivity contribution in [3.63, 3.8) is 0 Å². The second kappa shape index (κ2) is 13.5. The fraction of sp³-hybridized carbons (Fsp3) is 0.364. The molecule has 0 fully saturated rings. The minimum absolute atomic E-state index is 0.0983. The summed E-state index contributed by atoms with van der Waals surface area (Å²) in [5, 5.41) is 7.49. The van der Waals surface area contributed by atoms with Gasteiger partial charge in [0.15, 0.2) is 0 Å². The van der Waals surface area contributed by atoms with Crippen LogP contribution in [0.15, 0.2) is 76.2 Å². The maximum Gasteiger partial charge on any atom is 0.274 e. The van der Waals surface area contributed by atoms with Crippen LogP contribution in [0.5, 0.6) is 5.75 Å². The molecule has 8 nitrogen and oxygen atoms in total. The Kier molecular flexibility index (Phi) is 9.76. The molecule has 3 N–H and O–H groups in total. The van der Waals surface area contributed by atoms with Crippen LogP contribution in [0.25, 0.3) is 11.0 Å². The quantitative estimate of drug-likeness (QED) is 0.154. The first-order valence-electron chi connectivity index (χ1n) is 14.6. The lowest BCUT2D eigenvalue weighted by Gasteiger charge is -2.28. The Balaban J connectivity index is 1.31. The number of nitrogens with one attached hydrogen (secondary N) is 3. The van der Waals surface area contributed by atoms with E-state index in [9.17, 15) is 13.2 Å². The highest BCUT2D eigenvalue weighted by molar-refractivity contribution is 7.89. The van der Waals surface area contributed by atoms with Gasteiger partial charge in [0.25, 0.3) is 10.0 Å². The van der Waals surface area contributed by atoms with Crippen molar-refractivity contribution >= 4 is 38.5 Å². The lowest BCUT2D eigenvalue weighted by atomic mass is 9.98. The molecule has 10 heteroatoms. The standard InChI is InChI=1S/C33H38ClN3O5S/c1-21(2)13-15-35-20-23-9-11-26-28(14-16-41-31(26)17-23)36-32(38)19-29(24-7-5-4-6-8-24)37-43(39,40)33-22(3)27-18-25(34)10-12-30(27)42-33/h4-12,17-18,21,28-29,35,37H,13-16,19-20H2,1-3H3,(H,36,38). The Hall–Kier alpha value is -3.37. The summed E-state index contributed by atoms with van der Waals surface area (Å²) in [4.78, 5) is 13.4. The molecule has 1 aliphatic rings. The molecule has 0 saturated carbocycles. The summed E-state index contributed by atoms with van der Waals surface area (Å²) >= 11 is 6.13. The van der Waals surface area contributed by atoms with Crippen LogP contribution in [0.4, 0.5) is 0 Å². The molecular formula is C33H38ClN3O5S. The van der Waals surface area contributed by atoms with E-state index in [1.807, 2.05) is 30.3 Å². The van der Waals surface area contributed by atoms with Gasteiger partial charge < -0.3 is 19.8 Å². The molecule has 43 heavy (non-hydrogen) atoms. The Morgan fingerprint density at radius 2 is 1.86 bits per heavy atom. The molecule has 0 radical (unpaired) electrons. The maximum atomic E-state index is 13.6. The summed E-state index contributed by atoms with van der Waals surface area (Å²) in [6.45, 7) is 8.27. The van der Waals surface area contributed by atoms with Crippen LogP contribution in [-0.2, 0) is 21.4 Å². The van der Waals surface area contributed by atoms with Crippen LogP contribution in [0.3, 0.4) is 0 Å². The first-order chi connectivity index (χ1) is 20.6. The Morgan fingerprint density at radius 1 is 1.07 bits per heavy atom. The lowest BCUT2D eigenvalue weighted by molar-refractivity contribution is -0.122.